The van der Waals surface area contributed by atoms with Crippen LogP contribution in [-0.4, -0.2) is 28.5 Å². The van der Waals surface area contributed by atoms with Gasteiger partial charge in [-0.2, -0.15) is 0 Å². The van der Waals surface area contributed by atoms with E-state index in [4.69, 9.17) is 16.7 Å². The van der Waals surface area contributed by atoms with E-state index in [0.29, 0.717) is 16.1 Å². The van der Waals surface area contributed by atoms with Crippen LogP contribution in [0.2, 0.25) is 5.02 Å². The number of hydrogen-bond acceptors (Lipinski definition) is 2. The van der Waals surface area contributed by atoms with E-state index in [1.807, 2.05) is 42.6 Å². The first kappa shape index (κ1) is 26.4. The van der Waals surface area contributed by atoms with Crippen LogP contribution in [0.1, 0.15) is 71.5 Å². The summed E-state index contributed by atoms with van der Waals surface area (Å²) in [5.41, 5.74) is 4.04. The molecule has 4 rings (SSSR count). The Balaban J connectivity index is 1.75. The molecule has 192 valence electrons. The fourth-order valence-electron chi connectivity index (χ4n) is 4.94. The van der Waals surface area contributed by atoms with Gasteiger partial charge in [-0.05, 0) is 59.4 Å². The number of unbranched alkanes of at least 4 members (excludes halogenated alkanes) is 1. The molecule has 3 N–H and O–H groups in total. The van der Waals surface area contributed by atoms with Crippen LogP contribution in [0.25, 0.3) is 10.9 Å². The topological polar surface area (TPSA) is 82.2 Å². The van der Waals surface area contributed by atoms with Crippen molar-refractivity contribution < 1.29 is 19.1 Å². The molecule has 7 heteroatoms. The van der Waals surface area contributed by atoms with Gasteiger partial charge >= 0.3 is 5.97 Å². The first-order valence-electron chi connectivity index (χ1n) is 12.5. The maximum atomic E-state index is 14.6. The molecule has 1 amide bonds. The molecule has 1 heterocycles. The number of carboxylic acids is 1. The molecule has 0 radical (unpaired) electrons. The maximum absolute atomic E-state index is 14.6. The number of aliphatic carboxylic acids is 1. The Morgan fingerprint density at radius 1 is 1.05 bits per heavy atom. The average molecular weight is 521 g/mol. The second-order valence-corrected chi connectivity index (χ2v) is 9.65. The smallest absolute Gasteiger partial charge is 0.305 e. The Bertz CT molecular complexity index is 1380. The van der Waals surface area contributed by atoms with Gasteiger partial charge in [0, 0.05) is 34.6 Å². The number of H-pyrrole nitrogens is 1. The van der Waals surface area contributed by atoms with Gasteiger partial charge in [-0.3, -0.25) is 9.59 Å². The minimum atomic E-state index is -0.960. The molecular weight excluding hydrogens is 491 g/mol. The van der Waals surface area contributed by atoms with Gasteiger partial charge in [0.25, 0.3) is 5.91 Å². The molecule has 3 aromatic carbocycles. The monoisotopic (exact) mass is 520 g/mol. The van der Waals surface area contributed by atoms with E-state index in [9.17, 15) is 14.0 Å². The summed E-state index contributed by atoms with van der Waals surface area (Å²) in [6.07, 6.45) is 4.67. The zero-order valence-corrected chi connectivity index (χ0v) is 21.4. The number of amides is 1. The molecule has 0 fully saturated rings. The fraction of sp³-hybridized carbons (Fsp3) is 0.267. The van der Waals surface area contributed by atoms with Gasteiger partial charge in [0.1, 0.15) is 5.82 Å². The lowest BCUT2D eigenvalue weighted by Gasteiger charge is -2.29. The zero-order chi connectivity index (χ0) is 26.4. The molecule has 5 nitrogen and oxygen atoms in total. The molecule has 0 aliphatic heterocycles. The predicted molar refractivity (Wildman–Crippen MR) is 145 cm³/mol. The van der Waals surface area contributed by atoms with E-state index in [1.54, 1.807) is 18.2 Å². The molecule has 37 heavy (non-hydrogen) atoms. The van der Waals surface area contributed by atoms with Crippen LogP contribution in [0.3, 0.4) is 0 Å². The van der Waals surface area contributed by atoms with Crippen molar-refractivity contribution in [2.24, 2.45) is 0 Å². The molecule has 0 bridgehead atoms. The van der Waals surface area contributed by atoms with E-state index >= 15 is 0 Å². The normalized spacial score (nSPS) is 12.8. The van der Waals surface area contributed by atoms with Crippen LogP contribution in [0.4, 0.5) is 4.39 Å². The van der Waals surface area contributed by atoms with Crippen molar-refractivity contribution in [3.05, 3.63) is 106 Å². The third-order valence-corrected chi connectivity index (χ3v) is 6.97. The van der Waals surface area contributed by atoms with Gasteiger partial charge in [0.05, 0.1) is 11.9 Å². The van der Waals surface area contributed by atoms with Crippen molar-refractivity contribution in [2.75, 3.05) is 6.54 Å². The lowest BCUT2D eigenvalue weighted by atomic mass is 9.74. The average Bonchev–Trinajstić information content (AvgIpc) is 3.31. The van der Waals surface area contributed by atoms with Gasteiger partial charge < -0.3 is 15.4 Å². The highest BCUT2D eigenvalue weighted by Gasteiger charge is 2.29. The minimum Gasteiger partial charge on any atom is -0.481 e. The standard InChI is InChI=1S/C30H30ClFN2O3/c1-2-3-8-23(19-11-13-20(14-12-19)30(37)33-16-15-27(35)36)28(21-6-4-7-22(31)17-21)25-18-34-29-24(25)9-5-10-26(29)32/h4-7,9-14,17-18,23,28,34H,2-3,8,15-16H2,1H3,(H,33,37)(H,35,36). The van der Waals surface area contributed by atoms with Crippen LogP contribution >= 0.6 is 11.6 Å². The maximum Gasteiger partial charge on any atom is 0.305 e. The van der Waals surface area contributed by atoms with Gasteiger partial charge in [0.2, 0.25) is 0 Å². The van der Waals surface area contributed by atoms with Crippen LogP contribution in [0.15, 0.2) is 72.9 Å². The summed E-state index contributed by atoms with van der Waals surface area (Å²) in [6.45, 7) is 2.22. The van der Waals surface area contributed by atoms with Crippen molar-refractivity contribution in [1.82, 2.24) is 10.3 Å². The molecule has 0 saturated heterocycles. The van der Waals surface area contributed by atoms with Gasteiger partial charge in [-0.25, -0.2) is 4.39 Å². The number of nitrogens with one attached hydrogen (secondary N) is 2. The number of rotatable bonds is 11. The zero-order valence-electron chi connectivity index (χ0n) is 20.6. The molecule has 4 aromatic rings. The fourth-order valence-corrected chi connectivity index (χ4v) is 5.14. The number of carbonyl (C=O) groups is 2. The number of carbonyl (C=O) groups excluding carboxylic acids is 1. The van der Waals surface area contributed by atoms with Gasteiger partial charge in [-0.15, -0.1) is 0 Å². The Morgan fingerprint density at radius 3 is 2.51 bits per heavy atom. The second kappa shape index (κ2) is 12.1. The molecule has 0 aliphatic rings. The van der Waals surface area contributed by atoms with Crippen molar-refractivity contribution >= 4 is 34.4 Å². The third kappa shape index (κ3) is 6.20. The molecule has 1 aromatic heterocycles. The van der Waals surface area contributed by atoms with Crippen LogP contribution in [0.5, 0.6) is 0 Å². The second-order valence-electron chi connectivity index (χ2n) is 9.21. The van der Waals surface area contributed by atoms with E-state index in [0.717, 1.165) is 41.3 Å². The Hall–Kier alpha value is -3.64. The Labute approximate surface area is 220 Å². The van der Waals surface area contributed by atoms with Crippen molar-refractivity contribution in [1.29, 1.82) is 0 Å². The summed E-state index contributed by atoms with van der Waals surface area (Å²) in [4.78, 5) is 26.4. The summed E-state index contributed by atoms with van der Waals surface area (Å²) in [5.74, 6) is -1.62. The highest BCUT2D eigenvalue weighted by atomic mass is 35.5. The van der Waals surface area contributed by atoms with E-state index in [2.05, 4.69) is 23.3 Å². The largest absolute Gasteiger partial charge is 0.481 e. The van der Waals surface area contributed by atoms with E-state index < -0.39 is 5.97 Å². The lowest BCUT2D eigenvalue weighted by molar-refractivity contribution is -0.136. The lowest BCUT2D eigenvalue weighted by Crippen LogP contribution is -2.26. The molecule has 0 saturated carbocycles. The molecule has 2 atom stereocenters. The van der Waals surface area contributed by atoms with Crippen LogP contribution < -0.4 is 5.32 Å². The number of benzene rings is 3. The Morgan fingerprint density at radius 2 is 1.81 bits per heavy atom. The van der Waals surface area contributed by atoms with Crippen LogP contribution in [0, 0.1) is 5.82 Å². The molecular formula is C30H30ClFN2O3. The number of carboxylic acid groups (broad SMARTS) is 1. The summed E-state index contributed by atoms with van der Waals surface area (Å²) in [7, 11) is 0. The predicted octanol–water partition coefficient (Wildman–Crippen LogP) is 7.27. The number of aromatic nitrogens is 1. The third-order valence-electron chi connectivity index (χ3n) is 6.74. The quantitative estimate of drug-likeness (QED) is 0.194. The highest BCUT2D eigenvalue weighted by molar-refractivity contribution is 6.30. The van der Waals surface area contributed by atoms with E-state index in [-0.39, 0.29) is 36.5 Å². The van der Waals surface area contributed by atoms with Crippen molar-refractivity contribution in [3.8, 4) is 0 Å². The number of hydrogen-bond donors (Lipinski definition) is 3. The first-order valence-corrected chi connectivity index (χ1v) is 12.9. The number of aromatic amines is 1. The SMILES string of the molecule is CCCCC(c1ccc(C(=O)NCCC(=O)O)cc1)C(c1cccc(Cl)c1)c1c[nH]c2c(F)cccc12. The van der Waals surface area contributed by atoms with Crippen LogP contribution in [-0.2, 0) is 4.79 Å². The first-order chi connectivity index (χ1) is 17.9. The number of para-hydroxylation sites is 1. The summed E-state index contributed by atoms with van der Waals surface area (Å²) in [5, 5.41) is 12.9. The highest BCUT2D eigenvalue weighted by Crippen LogP contribution is 2.44. The van der Waals surface area contributed by atoms with Crippen molar-refractivity contribution in [3.63, 3.8) is 0 Å². The van der Waals surface area contributed by atoms with Crippen molar-refractivity contribution in [2.45, 2.75) is 44.4 Å². The van der Waals surface area contributed by atoms with Gasteiger partial charge in [-0.1, -0.05) is 67.8 Å². The molecule has 0 spiro atoms. The minimum absolute atomic E-state index is 0.0461. The summed E-state index contributed by atoms with van der Waals surface area (Å²) in [6, 6.07) is 20.4. The summed E-state index contributed by atoms with van der Waals surface area (Å²) < 4.78 is 14.6. The van der Waals surface area contributed by atoms with Gasteiger partial charge in [0.15, 0.2) is 0 Å². The van der Waals surface area contributed by atoms with E-state index in [1.165, 1.54) is 6.07 Å². The molecule has 0 aliphatic carbocycles. The number of fused-ring (bicyclic) bond motifs is 1. The Kier molecular flexibility index (Phi) is 8.62. The summed E-state index contributed by atoms with van der Waals surface area (Å²) >= 11 is 6.42. The number of halogens is 2. The molecule has 2 unspecified atom stereocenters.